The molecule has 1 amide bonds. The quantitative estimate of drug-likeness (QED) is 0.542. The van der Waals surface area contributed by atoms with Crippen molar-refractivity contribution in [2.45, 2.75) is 32.5 Å². The number of benzene rings is 1. The minimum atomic E-state index is -0.336. The topological polar surface area (TPSA) is 78.8 Å². The van der Waals surface area contributed by atoms with Gasteiger partial charge in [-0.2, -0.15) is 0 Å². The van der Waals surface area contributed by atoms with Gasteiger partial charge in [0, 0.05) is 43.5 Å². The number of hydrogen-bond acceptors (Lipinski definition) is 6. The first-order chi connectivity index (χ1) is 17.4. The van der Waals surface area contributed by atoms with Crippen molar-refractivity contribution in [3.63, 3.8) is 0 Å². The number of hydrogen-bond donors (Lipinski definition) is 1. The minimum absolute atomic E-state index is 0.0275. The van der Waals surface area contributed by atoms with E-state index in [1.807, 2.05) is 43.3 Å². The molecule has 3 heterocycles. The molecule has 0 radical (unpaired) electrons. The Morgan fingerprint density at radius 3 is 2.67 bits per heavy atom. The van der Waals surface area contributed by atoms with Gasteiger partial charge in [-0.05, 0) is 43.7 Å². The van der Waals surface area contributed by atoms with Crippen molar-refractivity contribution < 1.29 is 14.6 Å². The smallest absolute Gasteiger partial charge is 0.259 e. The number of aliphatic hydroxyl groups excluding tert-OH is 1. The molecule has 1 N–H and O–H groups in total. The van der Waals surface area contributed by atoms with E-state index < -0.39 is 0 Å². The highest BCUT2D eigenvalue weighted by molar-refractivity contribution is 5.97. The highest BCUT2D eigenvalue weighted by Crippen LogP contribution is 2.27. The summed E-state index contributed by atoms with van der Waals surface area (Å²) in [7, 11) is 2.06. The lowest BCUT2D eigenvalue weighted by molar-refractivity contribution is 0.0325. The fourth-order valence-electron chi connectivity index (χ4n) is 4.23. The standard InChI is InChI=1S/C29H32N4O3/c1-21-17-33(22(2)20-34)29(35)26-15-24(12-13-25-11-7-8-14-30-25)16-31-28(26)36-27(21)19-32(3)18-23-9-5-4-6-10-23/h4-11,14-16,21-22,27,34H,17-20H2,1-3H3/t21-,22-,27-/m0/s1. The third kappa shape index (κ3) is 6.28. The first kappa shape index (κ1) is 25.4. The number of rotatable bonds is 6. The molecule has 3 atom stereocenters. The van der Waals surface area contributed by atoms with Gasteiger partial charge in [0.25, 0.3) is 5.91 Å². The van der Waals surface area contributed by atoms with E-state index in [0.29, 0.717) is 35.8 Å². The second kappa shape index (κ2) is 11.8. The first-order valence-corrected chi connectivity index (χ1v) is 12.2. The Labute approximate surface area is 212 Å². The Balaban J connectivity index is 1.63. The van der Waals surface area contributed by atoms with Crippen LogP contribution in [0.2, 0.25) is 0 Å². The van der Waals surface area contributed by atoms with Crippen LogP contribution >= 0.6 is 0 Å². The van der Waals surface area contributed by atoms with Gasteiger partial charge < -0.3 is 14.7 Å². The Hall–Kier alpha value is -3.73. The van der Waals surface area contributed by atoms with Crippen molar-refractivity contribution >= 4 is 5.91 Å². The van der Waals surface area contributed by atoms with Gasteiger partial charge in [-0.3, -0.25) is 9.69 Å². The number of fused-ring (bicyclic) bond motifs is 1. The predicted octanol–water partition coefficient (Wildman–Crippen LogP) is 3.23. The van der Waals surface area contributed by atoms with E-state index in [2.05, 4.69) is 52.8 Å². The van der Waals surface area contributed by atoms with E-state index in [1.54, 1.807) is 23.4 Å². The molecule has 1 aromatic carbocycles. The van der Waals surface area contributed by atoms with Crippen LogP contribution in [-0.2, 0) is 6.54 Å². The molecule has 0 fully saturated rings. The van der Waals surface area contributed by atoms with Crippen LogP contribution in [0.5, 0.6) is 5.88 Å². The van der Waals surface area contributed by atoms with Gasteiger partial charge in [0.05, 0.1) is 12.6 Å². The molecule has 7 heteroatoms. The van der Waals surface area contributed by atoms with Crippen LogP contribution in [0.4, 0.5) is 0 Å². The highest BCUT2D eigenvalue weighted by Gasteiger charge is 2.34. The maximum absolute atomic E-state index is 13.6. The molecule has 1 aliphatic rings. The third-order valence-corrected chi connectivity index (χ3v) is 6.31. The molecule has 0 bridgehead atoms. The monoisotopic (exact) mass is 484 g/mol. The fourth-order valence-corrected chi connectivity index (χ4v) is 4.23. The number of carbonyl (C=O) groups excluding carboxylic acids is 1. The maximum Gasteiger partial charge on any atom is 0.259 e. The number of aromatic nitrogens is 2. The Morgan fingerprint density at radius 1 is 1.17 bits per heavy atom. The maximum atomic E-state index is 13.6. The predicted molar refractivity (Wildman–Crippen MR) is 138 cm³/mol. The molecule has 7 nitrogen and oxygen atoms in total. The molecule has 2 aromatic heterocycles. The largest absolute Gasteiger partial charge is 0.472 e. The summed E-state index contributed by atoms with van der Waals surface area (Å²) in [6.45, 7) is 5.71. The molecule has 0 aliphatic carbocycles. The zero-order chi connectivity index (χ0) is 25.5. The van der Waals surface area contributed by atoms with Gasteiger partial charge in [0.1, 0.15) is 17.4 Å². The van der Waals surface area contributed by atoms with Crippen LogP contribution in [0.3, 0.4) is 0 Å². The van der Waals surface area contributed by atoms with Gasteiger partial charge in [-0.1, -0.05) is 49.2 Å². The van der Waals surface area contributed by atoms with Crippen LogP contribution in [0.15, 0.2) is 67.0 Å². The fraction of sp³-hybridized carbons (Fsp3) is 0.345. The molecular weight excluding hydrogens is 452 g/mol. The molecule has 0 spiro atoms. The van der Waals surface area contributed by atoms with Crippen molar-refractivity contribution in [2.24, 2.45) is 5.92 Å². The van der Waals surface area contributed by atoms with Crippen LogP contribution in [0.25, 0.3) is 0 Å². The molecule has 1 aliphatic heterocycles. The summed E-state index contributed by atoms with van der Waals surface area (Å²) in [6.07, 6.45) is 3.11. The lowest BCUT2D eigenvalue weighted by Gasteiger charge is -2.37. The van der Waals surface area contributed by atoms with Crippen LogP contribution in [-0.4, -0.2) is 69.7 Å². The van der Waals surface area contributed by atoms with Crippen molar-refractivity contribution in [3.05, 3.63) is 89.4 Å². The number of aliphatic hydroxyl groups is 1. The molecule has 186 valence electrons. The van der Waals surface area contributed by atoms with Crippen molar-refractivity contribution in [3.8, 4) is 17.7 Å². The van der Waals surface area contributed by atoms with Crippen molar-refractivity contribution in [2.75, 3.05) is 26.7 Å². The summed E-state index contributed by atoms with van der Waals surface area (Å²) in [5.74, 6) is 6.16. The average Bonchev–Trinajstić information content (AvgIpc) is 2.90. The molecule has 0 saturated carbocycles. The SMILES string of the molecule is C[C@H]1CN([C@@H](C)CO)C(=O)c2cc(C#Cc3ccccn3)cnc2O[C@H]1CN(C)Cc1ccccc1. The lowest BCUT2D eigenvalue weighted by atomic mass is 9.99. The molecule has 3 aromatic rings. The minimum Gasteiger partial charge on any atom is -0.472 e. The number of carbonyl (C=O) groups is 1. The van der Waals surface area contributed by atoms with E-state index in [9.17, 15) is 9.90 Å². The number of nitrogens with zero attached hydrogens (tertiary/aromatic N) is 4. The van der Waals surface area contributed by atoms with Gasteiger partial charge in [-0.15, -0.1) is 0 Å². The van der Waals surface area contributed by atoms with E-state index in [-0.39, 0.29) is 30.6 Å². The third-order valence-electron chi connectivity index (χ3n) is 6.31. The highest BCUT2D eigenvalue weighted by atomic mass is 16.5. The van der Waals surface area contributed by atoms with Crippen LogP contribution < -0.4 is 4.74 Å². The van der Waals surface area contributed by atoms with E-state index in [1.165, 1.54) is 5.56 Å². The first-order valence-electron chi connectivity index (χ1n) is 12.2. The lowest BCUT2D eigenvalue weighted by Crippen LogP contribution is -2.49. The van der Waals surface area contributed by atoms with E-state index in [4.69, 9.17) is 4.74 Å². The zero-order valence-corrected chi connectivity index (χ0v) is 21.0. The van der Waals surface area contributed by atoms with E-state index >= 15 is 0 Å². The summed E-state index contributed by atoms with van der Waals surface area (Å²) >= 11 is 0. The summed E-state index contributed by atoms with van der Waals surface area (Å²) in [5.41, 5.74) is 2.81. The van der Waals surface area contributed by atoms with E-state index in [0.717, 1.165) is 6.54 Å². The number of ether oxygens (including phenoxy) is 1. The summed E-state index contributed by atoms with van der Waals surface area (Å²) in [5, 5.41) is 9.86. The average molecular weight is 485 g/mol. The normalized spacial score (nSPS) is 18.4. The molecule has 0 saturated heterocycles. The van der Waals surface area contributed by atoms with Crippen LogP contribution in [0.1, 0.15) is 41.0 Å². The molecular formula is C29H32N4O3. The summed E-state index contributed by atoms with van der Waals surface area (Å²) in [6, 6.07) is 17.2. The van der Waals surface area contributed by atoms with Gasteiger partial charge >= 0.3 is 0 Å². The van der Waals surface area contributed by atoms with Crippen LogP contribution in [0, 0.1) is 17.8 Å². The second-order valence-corrected chi connectivity index (χ2v) is 9.35. The molecule has 0 unspecified atom stereocenters. The summed E-state index contributed by atoms with van der Waals surface area (Å²) < 4.78 is 6.38. The Bertz CT molecular complexity index is 1220. The number of likely N-dealkylation sites (N-methyl/N-ethyl adjacent to an activating group) is 1. The molecule has 4 rings (SSSR count). The summed E-state index contributed by atoms with van der Waals surface area (Å²) in [4.78, 5) is 26.2. The van der Waals surface area contributed by atoms with Gasteiger partial charge in [0.15, 0.2) is 0 Å². The van der Waals surface area contributed by atoms with Gasteiger partial charge in [-0.25, -0.2) is 9.97 Å². The molecule has 36 heavy (non-hydrogen) atoms. The zero-order valence-electron chi connectivity index (χ0n) is 21.0. The second-order valence-electron chi connectivity index (χ2n) is 9.35. The number of pyridine rings is 2. The van der Waals surface area contributed by atoms with Gasteiger partial charge in [0.2, 0.25) is 5.88 Å². The Morgan fingerprint density at radius 2 is 1.94 bits per heavy atom. The Kier molecular flexibility index (Phi) is 8.32. The van der Waals surface area contributed by atoms with Crippen molar-refractivity contribution in [1.29, 1.82) is 0 Å². The number of amides is 1. The van der Waals surface area contributed by atoms with Crippen molar-refractivity contribution in [1.82, 2.24) is 19.8 Å².